The molecule has 1 aromatic rings. The summed E-state index contributed by atoms with van der Waals surface area (Å²) in [5, 5.41) is 0. The van der Waals surface area contributed by atoms with Crippen molar-refractivity contribution in [3.8, 4) is 12.3 Å². The van der Waals surface area contributed by atoms with Crippen LogP contribution in [0.4, 0.5) is 0 Å². The Hall–Kier alpha value is -0.810. The number of hydrogen-bond donors (Lipinski definition) is 0. The Morgan fingerprint density at radius 2 is 2.08 bits per heavy atom. The van der Waals surface area contributed by atoms with Crippen molar-refractivity contribution in [3.63, 3.8) is 0 Å². The van der Waals surface area contributed by atoms with Gasteiger partial charge >= 0.3 is 0 Å². The van der Waals surface area contributed by atoms with Gasteiger partial charge in [-0.2, -0.15) is 4.57 Å². The average Bonchev–Trinajstić information content (AvgIpc) is 1.98. The highest BCUT2D eigenvalue weighted by Crippen LogP contribution is 1.94. The van der Waals surface area contributed by atoms with Gasteiger partial charge in [-0.05, 0) is 18.9 Å². The van der Waals surface area contributed by atoms with Crippen LogP contribution in [-0.4, -0.2) is 0 Å². The summed E-state index contributed by atoms with van der Waals surface area (Å²) in [6.07, 6.45) is 7.27. The molecule has 0 aliphatic rings. The minimum atomic E-state index is 0. The number of aryl methyl sites for hydroxylation is 2. The molecule has 1 nitrogen and oxygen atoms in total. The molecule has 0 bridgehead atoms. The first-order chi connectivity index (χ1) is 5.24. The number of hydrogen-bond acceptors (Lipinski definition) is 0. The first-order valence-corrected chi connectivity index (χ1v) is 3.64. The number of rotatable bonds is 1. The van der Waals surface area contributed by atoms with E-state index in [-0.39, 0.29) is 17.0 Å². The minimum absolute atomic E-state index is 0. The lowest BCUT2D eigenvalue weighted by molar-refractivity contribution is -0.691. The van der Waals surface area contributed by atoms with Crippen molar-refractivity contribution >= 4 is 0 Å². The summed E-state index contributed by atoms with van der Waals surface area (Å²) in [6.45, 7) is 4.77. The Morgan fingerprint density at radius 3 is 2.67 bits per heavy atom. The second-order valence-electron chi connectivity index (χ2n) is 2.68. The first-order valence-electron chi connectivity index (χ1n) is 3.64. The van der Waals surface area contributed by atoms with Gasteiger partial charge in [0.15, 0.2) is 11.9 Å². The zero-order valence-corrected chi connectivity index (χ0v) is 8.93. The second-order valence-corrected chi connectivity index (χ2v) is 2.68. The average molecular weight is 226 g/mol. The summed E-state index contributed by atoms with van der Waals surface area (Å²) in [4.78, 5) is 0. The number of halogens is 1. The zero-order valence-electron chi connectivity index (χ0n) is 7.34. The van der Waals surface area contributed by atoms with Gasteiger partial charge in [-0.15, -0.1) is 6.42 Å². The third-order valence-electron chi connectivity index (χ3n) is 1.66. The van der Waals surface area contributed by atoms with Crippen molar-refractivity contribution < 1.29 is 21.5 Å². The van der Waals surface area contributed by atoms with E-state index in [0.29, 0.717) is 6.54 Å². The van der Waals surface area contributed by atoms with Gasteiger partial charge in [0, 0.05) is 18.6 Å². The van der Waals surface area contributed by atoms with Crippen molar-refractivity contribution in [1.82, 2.24) is 0 Å². The van der Waals surface area contributed by atoms with Crippen LogP contribution >= 0.6 is 0 Å². The second kappa shape index (κ2) is 4.95. The number of nitrogens with zero attached hydrogens (tertiary/aromatic N) is 1. The first kappa shape index (κ1) is 11.2. The molecule has 0 aliphatic heterocycles. The fourth-order valence-electron chi connectivity index (χ4n) is 1.01. The normalized spacial score (nSPS) is 8.42. The van der Waals surface area contributed by atoms with Crippen LogP contribution in [-0.2, 0) is 6.54 Å². The predicted octanol–water partition coefficient (Wildman–Crippen LogP) is -1.77. The maximum Gasteiger partial charge on any atom is 0.209 e. The van der Waals surface area contributed by atoms with E-state index in [2.05, 4.69) is 42.7 Å². The molecule has 0 saturated carbocycles. The molecule has 2 heteroatoms. The summed E-state index contributed by atoms with van der Waals surface area (Å²) in [5.41, 5.74) is 2.44. The lowest BCUT2D eigenvalue weighted by Crippen LogP contribution is -3.00. The largest absolute Gasteiger partial charge is 1.00 e. The fourth-order valence-corrected chi connectivity index (χ4v) is 1.01. The monoisotopic (exact) mass is 225 g/mol. The van der Waals surface area contributed by atoms with Gasteiger partial charge in [0.05, 0.1) is 0 Å². The minimum Gasteiger partial charge on any atom is -1.00 e. The van der Waals surface area contributed by atoms with E-state index in [0.717, 1.165) is 0 Å². The summed E-state index contributed by atoms with van der Waals surface area (Å²) >= 11 is 0. The lowest BCUT2D eigenvalue weighted by Gasteiger charge is -1.95. The summed E-state index contributed by atoms with van der Waals surface area (Å²) in [7, 11) is 0. The Bertz CT molecular complexity index is 299. The van der Waals surface area contributed by atoms with E-state index in [9.17, 15) is 0 Å². The lowest BCUT2D eigenvalue weighted by atomic mass is 10.3. The van der Waals surface area contributed by atoms with E-state index < -0.39 is 0 Å². The Labute approximate surface area is 84.2 Å². The quantitative estimate of drug-likeness (QED) is 0.394. The van der Waals surface area contributed by atoms with Gasteiger partial charge in [0.1, 0.15) is 0 Å². The highest BCUT2D eigenvalue weighted by Gasteiger charge is 2.02. The maximum absolute atomic E-state index is 5.21. The van der Waals surface area contributed by atoms with Crippen LogP contribution in [0.15, 0.2) is 18.3 Å². The third-order valence-corrected chi connectivity index (χ3v) is 1.66. The molecule has 0 N–H and O–H groups in total. The van der Waals surface area contributed by atoms with Gasteiger partial charge in [-0.25, -0.2) is 0 Å². The van der Waals surface area contributed by atoms with Crippen LogP contribution in [0.3, 0.4) is 0 Å². The number of pyridine rings is 1. The van der Waals surface area contributed by atoms with Gasteiger partial charge < -0.3 is 17.0 Å². The van der Waals surface area contributed by atoms with Crippen LogP contribution in [0, 0.1) is 26.2 Å². The van der Waals surface area contributed by atoms with Crippen LogP contribution in [0.2, 0.25) is 0 Å². The molecule has 0 radical (unpaired) electrons. The molecule has 0 aliphatic carbocycles. The molecule has 0 atom stereocenters. The van der Waals surface area contributed by atoms with Crippen molar-refractivity contribution in [3.05, 3.63) is 29.6 Å². The molecular formula is C10H12BrN. The van der Waals surface area contributed by atoms with Gasteiger partial charge in [0.2, 0.25) is 6.54 Å². The molecule has 0 unspecified atom stereocenters. The van der Waals surface area contributed by atoms with E-state index in [1.165, 1.54) is 11.3 Å². The molecule has 12 heavy (non-hydrogen) atoms. The highest BCUT2D eigenvalue weighted by molar-refractivity contribution is 5.06. The predicted molar refractivity (Wildman–Crippen MR) is 44.9 cm³/mol. The van der Waals surface area contributed by atoms with E-state index >= 15 is 0 Å². The van der Waals surface area contributed by atoms with E-state index in [4.69, 9.17) is 6.42 Å². The molecule has 1 heterocycles. The number of aromatic nitrogens is 1. The molecule has 0 fully saturated rings. The van der Waals surface area contributed by atoms with Crippen LogP contribution < -0.4 is 21.5 Å². The third kappa shape index (κ3) is 2.67. The molecule has 0 aromatic carbocycles. The van der Waals surface area contributed by atoms with Crippen LogP contribution in [0.25, 0.3) is 0 Å². The summed E-state index contributed by atoms with van der Waals surface area (Å²) < 4.78 is 2.06. The van der Waals surface area contributed by atoms with Gasteiger partial charge in [-0.1, -0.05) is 0 Å². The maximum atomic E-state index is 5.21. The Morgan fingerprint density at radius 1 is 1.42 bits per heavy atom. The fraction of sp³-hybridized carbons (Fsp3) is 0.300. The van der Waals surface area contributed by atoms with E-state index in [1.54, 1.807) is 0 Å². The molecule has 0 saturated heterocycles. The molecule has 1 rings (SSSR count). The summed E-state index contributed by atoms with van der Waals surface area (Å²) in [6, 6.07) is 4.16. The zero-order chi connectivity index (χ0) is 8.27. The summed E-state index contributed by atoms with van der Waals surface area (Å²) in [5.74, 6) is 2.62. The highest BCUT2D eigenvalue weighted by atomic mass is 79.9. The number of terminal acetylenes is 1. The molecule has 64 valence electrons. The van der Waals surface area contributed by atoms with Crippen molar-refractivity contribution in [1.29, 1.82) is 0 Å². The molecule has 1 aromatic heterocycles. The standard InChI is InChI=1S/C10H12N.BrH/c1-4-7-11-8-9(2)5-6-10(11)3;/h1,5-6,8H,7H2,2-3H3;1H/q+1;/p-1. The molecule has 0 amide bonds. The Kier molecular flexibility index (Phi) is 4.61. The van der Waals surface area contributed by atoms with Gasteiger partial charge in [0.25, 0.3) is 0 Å². The van der Waals surface area contributed by atoms with Crippen molar-refractivity contribution in [2.45, 2.75) is 20.4 Å². The van der Waals surface area contributed by atoms with Crippen LogP contribution in [0.1, 0.15) is 11.3 Å². The van der Waals surface area contributed by atoms with Gasteiger partial charge in [-0.3, -0.25) is 0 Å². The Balaban J connectivity index is 0.00000121. The topological polar surface area (TPSA) is 3.88 Å². The SMILES string of the molecule is C#CC[n+]1cc(C)ccc1C.[Br-]. The van der Waals surface area contributed by atoms with Crippen molar-refractivity contribution in [2.75, 3.05) is 0 Å². The van der Waals surface area contributed by atoms with E-state index in [1.807, 2.05) is 0 Å². The smallest absolute Gasteiger partial charge is 0.209 e. The molecular weight excluding hydrogens is 214 g/mol. The van der Waals surface area contributed by atoms with Crippen LogP contribution in [0.5, 0.6) is 0 Å². The molecule has 0 spiro atoms. The van der Waals surface area contributed by atoms with Crippen molar-refractivity contribution in [2.24, 2.45) is 0 Å².